The zero-order valence-electron chi connectivity index (χ0n) is 15.1. The third-order valence-corrected chi connectivity index (χ3v) is 3.72. The summed E-state index contributed by atoms with van der Waals surface area (Å²) in [4.78, 5) is 35.0. The fourth-order valence-electron chi connectivity index (χ4n) is 1.95. The van der Waals surface area contributed by atoms with Crippen LogP contribution in [0.4, 0.5) is 0 Å². The number of amides is 2. The first-order valence-electron chi connectivity index (χ1n) is 8.57. The molecule has 8 nitrogen and oxygen atoms in total. The fraction of sp³-hybridized carbons (Fsp3) is 0.706. The molecule has 1 heterocycles. The number of ketones is 1. The summed E-state index contributed by atoms with van der Waals surface area (Å²) in [5, 5.41) is -0.252. The zero-order valence-corrected chi connectivity index (χ0v) is 15.9. The van der Waals surface area contributed by atoms with E-state index in [1.54, 1.807) is 6.92 Å². The van der Waals surface area contributed by atoms with E-state index < -0.39 is 0 Å². The highest BCUT2D eigenvalue weighted by molar-refractivity contribution is 7.81. The Morgan fingerprint density at radius 1 is 0.885 bits per heavy atom. The van der Waals surface area contributed by atoms with Crippen molar-refractivity contribution in [2.75, 3.05) is 59.4 Å². The summed E-state index contributed by atoms with van der Waals surface area (Å²) in [5.41, 5.74) is 0. The SMILES string of the molecule is CC(S)C(=O)CCOCCOCCOCCOCCN1C(=O)C=CC1=O. The Morgan fingerprint density at radius 3 is 1.77 bits per heavy atom. The Bertz CT molecular complexity index is 464. The second-order valence-corrected chi connectivity index (χ2v) is 6.28. The van der Waals surface area contributed by atoms with Crippen LogP contribution in [0.1, 0.15) is 13.3 Å². The number of ether oxygens (including phenoxy) is 4. The monoisotopic (exact) mass is 389 g/mol. The van der Waals surface area contributed by atoms with Gasteiger partial charge < -0.3 is 18.9 Å². The maximum Gasteiger partial charge on any atom is 0.253 e. The molecule has 0 radical (unpaired) electrons. The second kappa shape index (κ2) is 13.9. The van der Waals surface area contributed by atoms with E-state index >= 15 is 0 Å². The summed E-state index contributed by atoms with van der Waals surface area (Å²) in [7, 11) is 0. The minimum atomic E-state index is -0.307. The van der Waals surface area contributed by atoms with Crippen LogP contribution in [0.2, 0.25) is 0 Å². The molecule has 9 heteroatoms. The number of imide groups is 1. The number of carbonyl (C=O) groups excluding carboxylic acids is 3. The molecule has 26 heavy (non-hydrogen) atoms. The molecule has 0 saturated heterocycles. The Morgan fingerprint density at radius 2 is 1.31 bits per heavy atom. The molecule has 0 bridgehead atoms. The molecular formula is C17H27NO7S. The van der Waals surface area contributed by atoms with Crippen LogP contribution in [0.25, 0.3) is 0 Å². The highest BCUT2D eigenvalue weighted by Gasteiger charge is 2.22. The maximum atomic E-state index is 11.3. The van der Waals surface area contributed by atoms with Crippen LogP contribution in [-0.4, -0.2) is 87.1 Å². The van der Waals surface area contributed by atoms with Crippen molar-refractivity contribution >= 4 is 30.2 Å². The molecule has 1 aliphatic rings. The lowest BCUT2D eigenvalue weighted by molar-refractivity contribution is -0.137. The number of rotatable bonds is 16. The Labute approximate surface area is 159 Å². The van der Waals surface area contributed by atoms with E-state index in [1.807, 2.05) is 0 Å². The molecule has 1 rings (SSSR count). The van der Waals surface area contributed by atoms with E-state index in [9.17, 15) is 14.4 Å². The van der Waals surface area contributed by atoms with Gasteiger partial charge in [-0.05, 0) is 6.92 Å². The standard InChI is InChI=1S/C17H27NO7S/c1-14(26)15(19)4-6-22-8-10-24-12-13-25-11-9-23-7-5-18-16(20)2-3-17(18)21/h2-3,14,26H,4-13H2,1H3. The lowest BCUT2D eigenvalue weighted by atomic mass is 10.2. The van der Waals surface area contributed by atoms with Crippen molar-refractivity contribution in [2.45, 2.75) is 18.6 Å². The van der Waals surface area contributed by atoms with Crippen LogP contribution >= 0.6 is 12.6 Å². The van der Waals surface area contributed by atoms with E-state index in [-0.39, 0.29) is 36.0 Å². The summed E-state index contributed by atoms with van der Waals surface area (Å²) in [6.45, 7) is 5.19. The van der Waals surface area contributed by atoms with Gasteiger partial charge in [-0.25, -0.2) is 0 Å². The third-order valence-electron chi connectivity index (χ3n) is 3.43. The fourth-order valence-corrected chi connectivity index (χ4v) is 2.08. The van der Waals surface area contributed by atoms with Gasteiger partial charge in [0.15, 0.2) is 0 Å². The Balaban J connectivity index is 1.78. The number of thiol groups is 1. The van der Waals surface area contributed by atoms with Crippen molar-refractivity contribution in [1.82, 2.24) is 4.90 Å². The topological polar surface area (TPSA) is 91.4 Å². The van der Waals surface area contributed by atoms with Gasteiger partial charge in [-0.15, -0.1) is 0 Å². The number of hydrogen-bond acceptors (Lipinski definition) is 8. The molecule has 2 amide bonds. The van der Waals surface area contributed by atoms with Crippen molar-refractivity contribution in [1.29, 1.82) is 0 Å². The number of carbonyl (C=O) groups is 3. The minimum Gasteiger partial charge on any atom is -0.379 e. The molecule has 148 valence electrons. The first-order chi connectivity index (χ1) is 12.5. The van der Waals surface area contributed by atoms with E-state index in [0.717, 1.165) is 4.90 Å². The van der Waals surface area contributed by atoms with Gasteiger partial charge >= 0.3 is 0 Å². The van der Waals surface area contributed by atoms with Crippen LogP contribution in [0.5, 0.6) is 0 Å². The van der Waals surface area contributed by atoms with Gasteiger partial charge in [0.25, 0.3) is 11.8 Å². The van der Waals surface area contributed by atoms with Gasteiger partial charge in [0.1, 0.15) is 5.78 Å². The summed E-state index contributed by atoms with van der Waals surface area (Å²) < 4.78 is 21.3. The molecule has 1 atom stereocenters. The van der Waals surface area contributed by atoms with Gasteiger partial charge in [-0.1, -0.05) is 0 Å². The van der Waals surface area contributed by atoms with Gasteiger partial charge in [-0.2, -0.15) is 12.6 Å². The summed E-state index contributed by atoms with van der Waals surface area (Å²) >= 11 is 4.05. The summed E-state index contributed by atoms with van der Waals surface area (Å²) in [6, 6.07) is 0. The van der Waals surface area contributed by atoms with E-state index in [1.165, 1.54) is 12.2 Å². The van der Waals surface area contributed by atoms with Crippen molar-refractivity contribution in [3.05, 3.63) is 12.2 Å². The molecule has 0 spiro atoms. The first-order valence-corrected chi connectivity index (χ1v) is 9.09. The van der Waals surface area contributed by atoms with E-state index in [0.29, 0.717) is 52.7 Å². The van der Waals surface area contributed by atoms with Crippen LogP contribution in [0.3, 0.4) is 0 Å². The molecule has 1 aliphatic heterocycles. The lowest BCUT2D eigenvalue weighted by Crippen LogP contribution is -2.33. The largest absolute Gasteiger partial charge is 0.379 e. The maximum absolute atomic E-state index is 11.3. The predicted octanol–water partition coefficient (Wildman–Crippen LogP) is 0.255. The van der Waals surface area contributed by atoms with Crippen molar-refractivity contribution < 1.29 is 33.3 Å². The van der Waals surface area contributed by atoms with Crippen molar-refractivity contribution in [2.24, 2.45) is 0 Å². The minimum absolute atomic E-state index is 0.0696. The van der Waals surface area contributed by atoms with Crippen LogP contribution in [-0.2, 0) is 33.3 Å². The number of hydrogen-bond donors (Lipinski definition) is 1. The van der Waals surface area contributed by atoms with Gasteiger partial charge in [0.2, 0.25) is 0 Å². The molecule has 0 aromatic rings. The van der Waals surface area contributed by atoms with Crippen molar-refractivity contribution in [3.8, 4) is 0 Å². The van der Waals surface area contributed by atoms with Crippen LogP contribution < -0.4 is 0 Å². The molecule has 0 saturated carbocycles. The Hall–Kier alpha value is -1.26. The van der Waals surface area contributed by atoms with Gasteiger partial charge in [0, 0.05) is 18.6 Å². The summed E-state index contributed by atoms with van der Waals surface area (Å²) in [6.07, 6.45) is 2.86. The number of nitrogens with zero attached hydrogens (tertiary/aromatic N) is 1. The van der Waals surface area contributed by atoms with Crippen LogP contribution in [0.15, 0.2) is 12.2 Å². The lowest BCUT2D eigenvalue weighted by Gasteiger charge is -2.13. The third kappa shape index (κ3) is 10.0. The van der Waals surface area contributed by atoms with Crippen LogP contribution in [0, 0.1) is 0 Å². The molecular weight excluding hydrogens is 362 g/mol. The van der Waals surface area contributed by atoms with Gasteiger partial charge in [-0.3, -0.25) is 19.3 Å². The first kappa shape index (κ1) is 22.8. The molecule has 0 aliphatic carbocycles. The average molecular weight is 389 g/mol. The highest BCUT2D eigenvalue weighted by Crippen LogP contribution is 2.02. The predicted molar refractivity (Wildman–Crippen MR) is 97.2 cm³/mol. The van der Waals surface area contributed by atoms with Crippen molar-refractivity contribution in [3.63, 3.8) is 0 Å². The highest BCUT2D eigenvalue weighted by atomic mass is 32.1. The average Bonchev–Trinajstić information content (AvgIpc) is 2.93. The Kier molecular flexibility index (Phi) is 12.2. The smallest absolute Gasteiger partial charge is 0.253 e. The normalized spacial score (nSPS) is 15.1. The summed E-state index contributed by atoms with van der Waals surface area (Å²) in [5.74, 6) is -0.544. The van der Waals surface area contributed by atoms with E-state index in [4.69, 9.17) is 18.9 Å². The van der Waals surface area contributed by atoms with Gasteiger partial charge in [0.05, 0.1) is 64.6 Å². The molecule has 0 aromatic carbocycles. The quantitative estimate of drug-likeness (QED) is 0.230. The zero-order chi connectivity index (χ0) is 19.2. The second-order valence-electron chi connectivity index (χ2n) is 5.50. The van der Waals surface area contributed by atoms with E-state index in [2.05, 4.69) is 12.6 Å². The molecule has 0 fully saturated rings. The molecule has 1 unspecified atom stereocenters. The molecule has 0 N–H and O–H groups in total. The number of Topliss-reactive ketones (excluding diaryl/α,β-unsaturated/α-hetero) is 1. The molecule has 0 aromatic heterocycles.